The van der Waals surface area contributed by atoms with E-state index in [-0.39, 0.29) is 22.8 Å². The van der Waals surface area contributed by atoms with Gasteiger partial charge in [0.15, 0.2) is 5.75 Å². The Hall–Kier alpha value is -4.08. The van der Waals surface area contributed by atoms with Crippen LogP contribution in [-0.4, -0.2) is 16.5 Å². The van der Waals surface area contributed by atoms with E-state index in [9.17, 15) is 15.3 Å². The first-order valence-corrected chi connectivity index (χ1v) is 9.37. The smallest absolute Gasteiger partial charge is 0.256 e. The fraction of sp³-hybridized carbons (Fsp3) is 0.100. The van der Waals surface area contributed by atoms with Gasteiger partial charge in [0.25, 0.3) is 5.56 Å². The number of ether oxygens (including phenoxy) is 1. The van der Waals surface area contributed by atoms with Crippen LogP contribution in [-0.2, 0) is 0 Å². The predicted molar refractivity (Wildman–Crippen MR) is 109 cm³/mol. The number of rotatable bonds is 4. The summed E-state index contributed by atoms with van der Waals surface area (Å²) in [5, 5.41) is 22.9. The van der Waals surface area contributed by atoms with Crippen LogP contribution in [0.5, 0.6) is 5.75 Å². The number of aromatic amines is 1. The summed E-state index contributed by atoms with van der Waals surface area (Å²) in [6.45, 7) is 4.11. The molecule has 1 atom stereocenters. The molecule has 142 valence electrons. The molecule has 1 aliphatic rings. The number of hydrogen-bond donors (Lipinski definition) is 3. The fourth-order valence-electron chi connectivity index (χ4n) is 3.33. The number of nitrogens with one attached hydrogen (secondary N) is 2. The van der Waals surface area contributed by atoms with Crippen molar-refractivity contribution in [3.63, 3.8) is 0 Å². The van der Waals surface area contributed by atoms with Gasteiger partial charge < -0.3 is 20.8 Å². The summed E-state index contributed by atoms with van der Waals surface area (Å²) < 4.78 is 6.31. The highest BCUT2D eigenvalue weighted by Crippen LogP contribution is 2.47. The Morgan fingerprint density at radius 1 is 1.45 bits per heavy atom. The second-order valence-electron chi connectivity index (χ2n) is 6.20. The van der Waals surface area contributed by atoms with Gasteiger partial charge in [0, 0.05) is 18.9 Å². The Labute approximate surface area is 169 Å². The first kappa shape index (κ1) is 18.3. The van der Waals surface area contributed by atoms with Crippen LogP contribution >= 0.6 is 11.3 Å². The number of fused-ring (bicyclic) bond motifs is 3. The first-order valence-electron chi connectivity index (χ1n) is 8.55. The molecule has 3 aromatic rings. The highest BCUT2D eigenvalue weighted by molar-refractivity contribution is 7.23. The fourth-order valence-corrected chi connectivity index (χ4v) is 4.44. The van der Waals surface area contributed by atoms with E-state index in [0.717, 1.165) is 0 Å². The number of nitriles is 2. The van der Waals surface area contributed by atoms with Gasteiger partial charge in [0.2, 0.25) is 5.88 Å². The molecule has 4 rings (SSSR count). The summed E-state index contributed by atoms with van der Waals surface area (Å²) in [5.41, 5.74) is 7.31. The molecular formula is C20H14N6O2S. The summed E-state index contributed by atoms with van der Waals surface area (Å²) in [6.07, 6.45) is 4.85. The van der Waals surface area contributed by atoms with Crippen molar-refractivity contribution < 1.29 is 4.74 Å². The minimum absolute atomic E-state index is 0.0757. The zero-order valence-corrected chi connectivity index (χ0v) is 15.8. The zero-order chi connectivity index (χ0) is 20.5. The van der Waals surface area contributed by atoms with E-state index < -0.39 is 11.5 Å². The summed E-state index contributed by atoms with van der Waals surface area (Å²) in [4.78, 5) is 19.9. The average molecular weight is 402 g/mol. The Balaban J connectivity index is 2.05. The van der Waals surface area contributed by atoms with Crippen LogP contribution in [0.2, 0.25) is 0 Å². The third-order valence-electron chi connectivity index (χ3n) is 4.55. The van der Waals surface area contributed by atoms with Crippen molar-refractivity contribution in [2.75, 3.05) is 11.9 Å². The molecule has 3 aromatic heterocycles. The van der Waals surface area contributed by atoms with Gasteiger partial charge >= 0.3 is 0 Å². The van der Waals surface area contributed by atoms with Crippen molar-refractivity contribution in [1.82, 2.24) is 9.97 Å². The number of allylic oxidation sites excluding steroid dienone is 1. The van der Waals surface area contributed by atoms with Crippen LogP contribution in [0.4, 0.5) is 5.00 Å². The molecule has 9 heteroatoms. The number of nitrogens with two attached hydrogens (primary N) is 1. The number of nitrogens with zero attached hydrogens (tertiary/aromatic N) is 3. The Morgan fingerprint density at radius 2 is 2.28 bits per heavy atom. The molecule has 0 aromatic carbocycles. The van der Waals surface area contributed by atoms with Gasteiger partial charge in [0.1, 0.15) is 28.3 Å². The third kappa shape index (κ3) is 2.81. The van der Waals surface area contributed by atoms with Gasteiger partial charge in [-0.2, -0.15) is 10.5 Å². The molecular weight excluding hydrogens is 388 g/mol. The maximum Gasteiger partial charge on any atom is 0.256 e. The molecule has 8 nitrogen and oxygen atoms in total. The molecule has 0 fully saturated rings. The quantitative estimate of drug-likeness (QED) is 0.570. The molecule has 0 radical (unpaired) electrons. The maximum absolute atomic E-state index is 13.1. The topological polar surface area (TPSA) is 141 Å². The number of H-pyrrole nitrogens is 1. The molecule has 1 aliphatic heterocycles. The second-order valence-corrected chi connectivity index (χ2v) is 7.22. The van der Waals surface area contributed by atoms with Crippen LogP contribution < -0.4 is 21.3 Å². The van der Waals surface area contributed by atoms with Gasteiger partial charge in [-0.15, -0.1) is 17.9 Å². The number of aromatic nitrogens is 2. The number of hydrogen-bond acceptors (Lipinski definition) is 8. The monoisotopic (exact) mass is 402 g/mol. The van der Waals surface area contributed by atoms with Crippen molar-refractivity contribution >= 4 is 26.6 Å². The minimum Gasteiger partial charge on any atom is -0.438 e. The lowest BCUT2D eigenvalue weighted by molar-refractivity contribution is 0.397. The summed E-state index contributed by atoms with van der Waals surface area (Å²) >= 11 is 1.27. The summed E-state index contributed by atoms with van der Waals surface area (Å²) in [7, 11) is 0. The van der Waals surface area contributed by atoms with E-state index in [1.807, 2.05) is 0 Å². The van der Waals surface area contributed by atoms with E-state index in [1.165, 1.54) is 11.3 Å². The second kappa shape index (κ2) is 7.15. The van der Waals surface area contributed by atoms with E-state index in [0.29, 0.717) is 32.9 Å². The Morgan fingerprint density at radius 3 is 2.93 bits per heavy atom. The van der Waals surface area contributed by atoms with Crippen LogP contribution in [0, 0.1) is 22.7 Å². The SMILES string of the molecule is C=CCNc1sc2c3c(c(=O)[nH]c2c1C#N)[C@H](c1cccnc1)C(C#N)=C(N)O3. The molecule has 0 bridgehead atoms. The Bertz CT molecular complexity index is 1310. The summed E-state index contributed by atoms with van der Waals surface area (Å²) in [6, 6.07) is 7.66. The van der Waals surface area contributed by atoms with E-state index in [2.05, 4.69) is 34.0 Å². The zero-order valence-electron chi connectivity index (χ0n) is 15.0. The largest absolute Gasteiger partial charge is 0.438 e. The van der Waals surface area contributed by atoms with Crippen molar-refractivity contribution in [3.8, 4) is 17.9 Å². The first-order chi connectivity index (χ1) is 14.1. The van der Waals surface area contributed by atoms with Gasteiger partial charge in [-0.3, -0.25) is 9.78 Å². The normalized spacial score (nSPS) is 15.2. The highest BCUT2D eigenvalue weighted by atomic mass is 32.1. The van der Waals surface area contributed by atoms with Gasteiger partial charge in [-0.05, 0) is 11.6 Å². The molecule has 0 saturated carbocycles. The number of pyridine rings is 2. The molecule has 0 aliphatic carbocycles. The Kier molecular flexibility index (Phi) is 4.51. The van der Waals surface area contributed by atoms with Crippen LogP contribution in [0.3, 0.4) is 0 Å². The number of anilines is 1. The standard InChI is InChI=1S/C20H14N6O2S/c1-2-5-25-20-12(8-22)15-17(29-20)16-14(19(27)26-15)13(10-4-3-6-24-9-10)11(7-21)18(23)28-16/h2-4,6,9,13,25H,1,5,23H2,(H,26,27)/t13-/m1/s1. The van der Waals surface area contributed by atoms with E-state index >= 15 is 0 Å². The lowest BCUT2D eigenvalue weighted by Crippen LogP contribution is -2.27. The van der Waals surface area contributed by atoms with Gasteiger partial charge in [-0.25, -0.2) is 0 Å². The van der Waals surface area contributed by atoms with Crippen molar-refractivity contribution in [2.45, 2.75) is 5.92 Å². The van der Waals surface area contributed by atoms with Crippen molar-refractivity contribution in [2.24, 2.45) is 5.73 Å². The van der Waals surface area contributed by atoms with E-state index in [1.54, 1.807) is 30.6 Å². The minimum atomic E-state index is -0.720. The molecule has 0 spiro atoms. The maximum atomic E-state index is 13.1. The molecule has 0 amide bonds. The summed E-state index contributed by atoms with van der Waals surface area (Å²) in [5.74, 6) is -0.543. The van der Waals surface area contributed by atoms with Crippen molar-refractivity contribution in [1.29, 1.82) is 10.5 Å². The number of thiophene rings is 1. The van der Waals surface area contributed by atoms with Crippen molar-refractivity contribution in [3.05, 3.63) is 75.7 Å². The lowest BCUT2D eigenvalue weighted by atomic mass is 9.85. The molecule has 0 saturated heterocycles. The molecule has 4 N–H and O–H groups in total. The third-order valence-corrected chi connectivity index (χ3v) is 5.70. The average Bonchev–Trinajstić information content (AvgIpc) is 3.09. The molecule has 4 heterocycles. The van der Waals surface area contributed by atoms with Gasteiger partial charge in [-0.1, -0.05) is 12.1 Å². The van der Waals surface area contributed by atoms with Crippen LogP contribution in [0.25, 0.3) is 10.2 Å². The molecule has 29 heavy (non-hydrogen) atoms. The van der Waals surface area contributed by atoms with Crippen LogP contribution in [0.1, 0.15) is 22.6 Å². The highest BCUT2D eigenvalue weighted by Gasteiger charge is 2.36. The van der Waals surface area contributed by atoms with E-state index in [4.69, 9.17) is 10.5 Å². The predicted octanol–water partition coefficient (Wildman–Crippen LogP) is 2.67. The van der Waals surface area contributed by atoms with Crippen LogP contribution in [0.15, 0.2) is 53.4 Å². The lowest BCUT2D eigenvalue weighted by Gasteiger charge is -2.25. The van der Waals surface area contributed by atoms with Gasteiger partial charge in [0.05, 0.1) is 21.7 Å². The molecule has 0 unspecified atom stereocenters.